The molecule has 23 heavy (non-hydrogen) atoms. The van der Waals surface area contributed by atoms with Crippen LogP contribution < -0.4 is 10.6 Å². The van der Waals surface area contributed by atoms with Crippen molar-refractivity contribution < 1.29 is 14.3 Å². The van der Waals surface area contributed by atoms with Gasteiger partial charge in [-0.1, -0.05) is 23.7 Å². The maximum Gasteiger partial charge on any atom is 0.274 e. The summed E-state index contributed by atoms with van der Waals surface area (Å²) < 4.78 is 4.86. The number of ether oxygens (including phenoxy) is 1. The van der Waals surface area contributed by atoms with Gasteiger partial charge in [-0.3, -0.25) is 9.59 Å². The van der Waals surface area contributed by atoms with Crippen LogP contribution in [-0.2, 0) is 4.74 Å². The molecule has 0 unspecified atom stereocenters. The SMILES string of the molecule is COCCNC(=O)c1cccc(C(=O)Nc2cccc(Cl)c2)n1. The number of aromatic nitrogens is 1. The molecule has 0 aliphatic carbocycles. The van der Waals surface area contributed by atoms with Crippen molar-refractivity contribution in [1.82, 2.24) is 10.3 Å². The lowest BCUT2D eigenvalue weighted by atomic mass is 10.2. The Morgan fingerprint density at radius 2 is 1.83 bits per heavy atom. The second-order valence-corrected chi connectivity index (χ2v) is 5.06. The van der Waals surface area contributed by atoms with E-state index in [4.69, 9.17) is 16.3 Å². The zero-order chi connectivity index (χ0) is 16.7. The van der Waals surface area contributed by atoms with Crippen LogP contribution >= 0.6 is 11.6 Å². The number of hydrogen-bond donors (Lipinski definition) is 2. The van der Waals surface area contributed by atoms with Crippen molar-refractivity contribution in [2.45, 2.75) is 0 Å². The van der Waals surface area contributed by atoms with Gasteiger partial charge in [0, 0.05) is 24.4 Å². The molecule has 0 saturated heterocycles. The van der Waals surface area contributed by atoms with Crippen molar-refractivity contribution in [2.24, 2.45) is 0 Å². The minimum Gasteiger partial charge on any atom is -0.383 e. The molecule has 0 fully saturated rings. The summed E-state index contributed by atoms with van der Waals surface area (Å²) in [7, 11) is 1.55. The first-order chi connectivity index (χ1) is 11.1. The Kier molecular flexibility index (Phi) is 6.08. The second kappa shape index (κ2) is 8.26. The first-order valence-electron chi connectivity index (χ1n) is 6.91. The molecule has 0 saturated carbocycles. The van der Waals surface area contributed by atoms with Crippen LogP contribution in [0.2, 0.25) is 5.02 Å². The number of carbonyl (C=O) groups is 2. The van der Waals surface area contributed by atoms with Gasteiger partial charge in [-0.05, 0) is 30.3 Å². The summed E-state index contributed by atoms with van der Waals surface area (Å²) in [6, 6.07) is 11.5. The minimum absolute atomic E-state index is 0.143. The highest BCUT2D eigenvalue weighted by atomic mass is 35.5. The molecule has 1 aromatic carbocycles. The van der Waals surface area contributed by atoms with Crippen LogP contribution in [0.5, 0.6) is 0 Å². The molecular weight excluding hydrogens is 318 g/mol. The van der Waals surface area contributed by atoms with Gasteiger partial charge in [-0.25, -0.2) is 4.98 Å². The van der Waals surface area contributed by atoms with E-state index >= 15 is 0 Å². The first kappa shape index (κ1) is 16.9. The summed E-state index contributed by atoms with van der Waals surface area (Å²) in [6.45, 7) is 0.774. The zero-order valence-corrected chi connectivity index (χ0v) is 13.3. The van der Waals surface area contributed by atoms with Crippen LogP contribution in [0.1, 0.15) is 21.0 Å². The molecule has 120 valence electrons. The molecule has 0 atom stereocenters. The third kappa shape index (κ3) is 5.05. The van der Waals surface area contributed by atoms with E-state index in [1.807, 2.05) is 0 Å². The summed E-state index contributed by atoms with van der Waals surface area (Å²) in [5.74, 6) is -0.779. The summed E-state index contributed by atoms with van der Waals surface area (Å²) in [5.41, 5.74) is 0.864. The quantitative estimate of drug-likeness (QED) is 0.795. The molecule has 0 bridgehead atoms. The van der Waals surface area contributed by atoms with Gasteiger partial charge in [0.2, 0.25) is 0 Å². The Morgan fingerprint density at radius 1 is 1.13 bits per heavy atom. The van der Waals surface area contributed by atoms with E-state index in [2.05, 4.69) is 15.6 Å². The number of amides is 2. The number of nitrogens with one attached hydrogen (secondary N) is 2. The molecule has 1 heterocycles. The van der Waals surface area contributed by atoms with Crippen molar-refractivity contribution in [3.8, 4) is 0 Å². The average molecular weight is 334 g/mol. The largest absolute Gasteiger partial charge is 0.383 e. The van der Waals surface area contributed by atoms with E-state index in [-0.39, 0.29) is 17.3 Å². The van der Waals surface area contributed by atoms with Gasteiger partial charge in [0.1, 0.15) is 11.4 Å². The molecule has 0 aliphatic heterocycles. The Labute approximate surface area is 138 Å². The van der Waals surface area contributed by atoms with Crippen LogP contribution in [0.3, 0.4) is 0 Å². The number of halogens is 1. The Morgan fingerprint density at radius 3 is 2.52 bits per heavy atom. The van der Waals surface area contributed by atoms with Crippen molar-refractivity contribution >= 4 is 29.1 Å². The number of carbonyl (C=O) groups excluding carboxylic acids is 2. The number of benzene rings is 1. The van der Waals surface area contributed by atoms with Crippen molar-refractivity contribution in [3.05, 3.63) is 58.9 Å². The van der Waals surface area contributed by atoms with E-state index in [0.717, 1.165) is 0 Å². The lowest BCUT2D eigenvalue weighted by molar-refractivity contribution is 0.0932. The van der Waals surface area contributed by atoms with Gasteiger partial charge in [0.25, 0.3) is 11.8 Å². The maximum atomic E-state index is 12.2. The van der Waals surface area contributed by atoms with Crippen molar-refractivity contribution in [1.29, 1.82) is 0 Å². The molecule has 1 aromatic heterocycles. The van der Waals surface area contributed by atoms with Crippen LogP contribution in [-0.4, -0.2) is 37.1 Å². The monoisotopic (exact) mass is 333 g/mol. The number of anilines is 1. The van der Waals surface area contributed by atoms with E-state index in [0.29, 0.717) is 23.9 Å². The molecule has 0 aliphatic rings. The molecule has 2 N–H and O–H groups in total. The standard InChI is InChI=1S/C16H16ClN3O3/c1-23-9-8-18-15(21)13-6-3-7-14(20-13)16(22)19-12-5-2-4-11(17)10-12/h2-7,10H,8-9H2,1H3,(H,18,21)(H,19,22). The van der Waals surface area contributed by atoms with Gasteiger partial charge in [0.05, 0.1) is 6.61 Å². The highest BCUT2D eigenvalue weighted by Gasteiger charge is 2.12. The fourth-order valence-corrected chi connectivity index (χ4v) is 2.00. The van der Waals surface area contributed by atoms with E-state index in [9.17, 15) is 9.59 Å². The highest BCUT2D eigenvalue weighted by molar-refractivity contribution is 6.30. The lowest BCUT2D eigenvalue weighted by Crippen LogP contribution is -2.28. The van der Waals surface area contributed by atoms with Gasteiger partial charge in [-0.2, -0.15) is 0 Å². The van der Waals surface area contributed by atoms with Gasteiger partial charge in [0.15, 0.2) is 0 Å². The van der Waals surface area contributed by atoms with Crippen molar-refractivity contribution in [2.75, 3.05) is 25.6 Å². The predicted octanol–water partition coefficient (Wildman–Crippen LogP) is 2.36. The third-order valence-corrected chi connectivity index (χ3v) is 3.12. The van der Waals surface area contributed by atoms with Gasteiger partial charge < -0.3 is 15.4 Å². The molecule has 6 nitrogen and oxygen atoms in total. The molecule has 0 spiro atoms. The van der Waals surface area contributed by atoms with Gasteiger partial charge >= 0.3 is 0 Å². The molecule has 7 heteroatoms. The normalized spacial score (nSPS) is 10.2. The van der Waals surface area contributed by atoms with Crippen LogP contribution in [0, 0.1) is 0 Å². The number of pyridine rings is 1. The summed E-state index contributed by atoms with van der Waals surface area (Å²) in [6.07, 6.45) is 0. The predicted molar refractivity (Wildman–Crippen MR) is 87.9 cm³/mol. The van der Waals surface area contributed by atoms with Crippen LogP contribution in [0.25, 0.3) is 0 Å². The number of nitrogens with zero attached hydrogens (tertiary/aromatic N) is 1. The Hall–Kier alpha value is -2.44. The summed E-state index contributed by atoms with van der Waals surface area (Å²) in [4.78, 5) is 28.2. The number of hydrogen-bond acceptors (Lipinski definition) is 4. The second-order valence-electron chi connectivity index (χ2n) is 4.62. The maximum absolute atomic E-state index is 12.2. The van der Waals surface area contributed by atoms with Crippen LogP contribution in [0.15, 0.2) is 42.5 Å². The van der Waals surface area contributed by atoms with E-state index < -0.39 is 5.91 Å². The molecule has 2 aromatic rings. The zero-order valence-electron chi connectivity index (χ0n) is 12.5. The van der Waals surface area contributed by atoms with E-state index in [1.54, 1.807) is 37.4 Å². The van der Waals surface area contributed by atoms with Gasteiger partial charge in [-0.15, -0.1) is 0 Å². The van der Waals surface area contributed by atoms with E-state index in [1.165, 1.54) is 12.1 Å². The Bertz CT molecular complexity index is 706. The first-order valence-corrected chi connectivity index (χ1v) is 7.29. The number of methoxy groups -OCH3 is 1. The summed E-state index contributed by atoms with van der Waals surface area (Å²) >= 11 is 5.87. The topological polar surface area (TPSA) is 80.3 Å². The Balaban J connectivity index is 2.06. The number of rotatable bonds is 6. The molecule has 0 radical (unpaired) electrons. The van der Waals surface area contributed by atoms with Crippen LogP contribution in [0.4, 0.5) is 5.69 Å². The smallest absolute Gasteiger partial charge is 0.274 e. The molecule has 2 rings (SSSR count). The molecule has 2 amide bonds. The molecular formula is C16H16ClN3O3. The highest BCUT2D eigenvalue weighted by Crippen LogP contribution is 2.15. The summed E-state index contributed by atoms with van der Waals surface area (Å²) in [5, 5.41) is 5.84. The lowest BCUT2D eigenvalue weighted by Gasteiger charge is -2.07. The third-order valence-electron chi connectivity index (χ3n) is 2.89. The average Bonchev–Trinajstić information content (AvgIpc) is 2.55. The minimum atomic E-state index is -0.418. The fraction of sp³-hybridized carbons (Fsp3) is 0.188. The van der Waals surface area contributed by atoms with Crippen molar-refractivity contribution in [3.63, 3.8) is 0 Å². The fourth-order valence-electron chi connectivity index (χ4n) is 1.81.